The van der Waals surface area contributed by atoms with Gasteiger partial charge in [0, 0.05) is 15.8 Å². The predicted octanol–water partition coefficient (Wildman–Crippen LogP) is 4.55. The van der Waals surface area contributed by atoms with E-state index in [1.807, 2.05) is 6.07 Å². The molecule has 0 atom stereocenters. The van der Waals surface area contributed by atoms with Crippen molar-refractivity contribution in [3.63, 3.8) is 0 Å². The number of amides is 1. The number of aromatic nitrogens is 1. The van der Waals surface area contributed by atoms with E-state index in [4.69, 9.17) is 16.0 Å². The Morgan fingerprint density at radius 2 is 1.96 bits per heavy atom. The molecule has 140 valence electrons. The van der Waals surface area contributed by atoms with Crippen molar-refractivity contribution in [2.24, 2.45) is 0 Å². The van der Waals surface area contributed by atoms with E-state index in [0.717, 1.165) is 9.69 Å². The van der Waals surface area contributed by atoms with Crippen LogP contribution in [0.15, 0.2) is 63.2 Å². The zero-order valence-electron chi connectivity index (χ0n) is 14.1. The summed E-state index contributed by atoms with van der Waals surface area (Å²) in [4.78, 5) is 17.0. The monoisotopic (exact) mass is 430 g/mol. The molecule has 6 nitrogen and oxygen atoms in total. The highest BCUT2D eigenvalue weighted by atomic mass is 35.5. The van der Waals surface area contributed by atoms with Gasteiger partial charge in [-0.15, -0.1) is 11.3 Å². The van der Waals surface area contributed by atoms with Crippen molar-refractivity contribution in [1.29, 1.82) is 0 Å². The maximum absolute atomic E-state index is 12.7. The second kappa shape index (κ2) is 6.16. The van der Waals surface area contributed by atoms with Crippen LogP contribution in [0.1, 0.15) is 15.4 Å². The third-order valence-corrected chi connectivity index (χ3v) is 7.33. The van der Waals surface area contributed by atoms with Gasteiger partial charge in [0.15, 0.2) is 5.76 Å². The third kappa shape index (κ3) is 2.64. The van der Waals surface area contributed by atoms with E-state index in [2.05, 4.69) is 4.98 Å². The normalized spacial score (nSPS) is 15.3. The van der Waals surface area contributed by atoms with Crippen LogP contribution in [-0.4, -0.2) is 23.6 Å². The zero-order valence-corrected chi connectivity index (χ0v) is 16.5. The van der Waals surface area contributed by atoms with E-state index in [1.165, 1.54) is 23.5 Å². The molecular weight excluding hydrogens is 420 g/mol. The van der Waals surface area contributed by atoms with Crippen molar-refractivity contribution in [3.05, 3.63) is 69.5 Å². The molecular formula is C19H11ClN2O4S2. The number of carbonyl (C=O) groups is 1. The molecule has 4 aromatic rings. The molecule has 0 unspecified atom stereocenters. The summed E-state index contributed by atoms with van der Waals surface area (Å²) in [7, 11) is -3.86. The molecule has 0 bridgehead atoms. The molecule has 1 amide bonds. The van der Waals surface area contributed by atoms with Gasteiger partial charge in [-0.05, 0) is 36.4 Å². The van der Waals surface area contributed by atoms with Gasteiger partial charge in [-0.2, -0.15) is 0 Å². The molecule has 0 spiro atoms. The number of carbonyl (C=O) groups excluding carboxylic acids is 1. The van der Waals surface area contributed by atoms with E-state index in [9.17, 15) is 13.2 Å². The maximum Gasteiger partial charge on any atom is 0.269 e. The van der Waals surface area contributed by atoms with E-state index in [-0.39, 0.29) is 17.0 Å². The number of fused-ring (bicyclic) bond motifs is 2. The van der Waals surface area contributed by atoms with Crippen LogP contribution in [0.3, 0.4) is 0 Å². The highest BCUT2D eigenvalue weighted by Crippen LogP contribution is 2.34. The summed E-state index contributed by atoms with van der Waals surface area (Å²) in [5, 5.41) is 3.73. The lowest BCUT2D eigenvalue weighted by atomic mass is 10.2. The smallest absolute Gasteiger partial charge is 0.269 e. The molecule has 2 aromatic heterocycles. The number of sulfonamides is 1. The highest BCUT2D eigenvalue weighted by Gasteiger charge is 2.41. The summed E-state index contributed by atoms with van der Waals surface area (Å²) in [5.41, 5.74) is 1.45. The molecule has 3 heterocycles. The zero-order chi connectivity index (χ0) is 19.5. The summed E-state index contributed by atoms with van der Waals surface area (Å²) in [6, 6.07) is 13.3. The SMILES string of the molecule is O=C1c2ccccc2S(=O)(=O)N1Cc1nc(-c2cc3cc(Cl)ccc3o2)cs1. The summed E-state index contributed by atoms with van der Waals surface area (Å²) in [5.74, 6) is 0.0180. The molecule has 28 heavy (non-hydrogen) atoms. The molecule has 1 aliphatic rings. The first-order valence-corrected chi connectivity index (χ1v) is 10.9. The average molecular weight is 431 g/mol. The van der Waals surface area contributed by atoms with Crippen molar-refractivity contribution < 1.29 is 17.6 Å². The van der Waals surface area contributed by atoms with Gasteiger partial charge < -0.3 is 4.42 Å². The Labute approximate surface area is 169 Å². The van der Waals surface area contributed by atoms with E-state index >= 15 is 0 Å². The molecule has 5 rings (SSSR count). The van der Waals surface area contributed by atoms with Gasteiger partial charge in [-0.25, -0.2) is 17.7 Å². The van der Waals surface area contributed by atoms with Crippen LogP contribution >= 0.6 is 22.9 Å². The van der Waals surface area contributed by atoms with Gasteiger partial charge in [0.2, 0.25) is 0 Å². The van der Waals surface area contributed by atoms with Gasteiger partial charge in [-0.3, -0.25) is 4.79 Å². The van der Waals surface area contributed by atoms with Crippen molar-refractivity contribution >= 4 is 49.8 Å². The van der Waals surface area contributed by atoms with Gasteiger partial charge in [0.25, 0.3) is 15.9 Å². The van der Waals surface area contributed by atoms with Gasteiger partial charge in [-0.1, -0.05) is 23.7 Å². The van der Waals surface area contributed by atoms with Crippen LogP contribution in [0.25, 0.3) is 22.4 Å². The number of rotatable bonds is 3. The average Bonchev–Trinajstić information content (AvgIpc) is 3.35. The molecule has 2 aromatic carbocycles. The second-order valence-corrected chi connectivity index (χ2v) is 9.44. The highest BCUT2D eigenvalue weighted by molar-refractivity contribution is 7.90. The fraction of sp³-hybridized carbons (Fsp3) is 0.0526. The molecule has 0 aliphatic carbocycles. The topological polar surface area (TPSA) is 80.5 Å². The fourth-order valence-corrected chi connectivity index (χ4v) is 5.71. The minimum absolute atomic E-state index is 0.0333. The van der Waals surface area contributed by atoms with Gasteiger partial charge in [0.05, 0.1) is 12.1 Å². The largest absolute Gasteiger partial charge is 0.454 e. The summed E-state index contributed by atoms with van der Waals surface area (Å²) in [6.07, 6.45) is 0. The number of hydrogen-bond donors (Lipinski definition) is 0. The lowest BCUT2D eigenvalue weighted by Gasteiger charge is -2.12. The molecule has 0 fully saturated rings. The van der Waals surface area contributed by atoms with Crippen LogP contribution in [0.5, 0.6) is 0 Å². The molecule has 0 N–H and O–H groups in total. The maximum atomic E-state index is 12.7. The molecule has 0 radical (unpaired) electrons. The summed E-state index contributed by atoms with van der Waals surface area (Å²) in [6.45, 7) is -0.118. The van der Waals surface area contributed by atoms with Crippen molar-refractivity contribution in [2.75, 3.05) is 0 Å². The van der Waals surface area contributed by atoms with Crippen LogP contribution in [0, 0.1) is 0 Å². The lowest BCUT2D eigenvalue weighted by molar-refractivity contribution is 0.0865. The van der Waals surface area contributed by atoms with Gasteiger partial charge >= 0.3 is 0 Å². The summed E-state index contributed by atoms with van der Waals surface area (Å²) < 4.78 is 32.0. The Morgan fingerprint density at radius 1 is 1.14 bits per heavy atom. The Balaban J connectivity index is 1.46. The third-order valence-electron chi connectivity index (χ3n) is 4.47. The number of benzene rings is 2. The van der Waals surface area contributed by atoms with Crippen LogP contribution in [0.4, 0.5) is 0 Å². The Bertz CT molecular complexity index is 1360. The molecule has 0 saturated heterocycles. The van der Waals surface area contributed by atoms with Crippen LogP contribution in [0.2, 0.25) is 5.02 Å². The Morgan fingerprint density at radius 3 is 2.79 bits per heavy atom. The van der Waals surface area contributed by atoms with Crippen LogP contribution in [-0.2, 0) is 16.6 Å². The van der Waals surface area contributed by atoms with E-state index < -0.39 is 15.9 Å². The van der Waals surface area contributed by atoms with Crippen molar-refractivity contribution in [1.82, 2.24) is 9.29 Å². The van der Waals surface area contributed by atoms with Crippen molar-refractivity contribution in [2.45, 2.75) is 11.4 Å². The standard InChI is InChI=1S/C19H11ClN2O4S2/c20-12-5-6-15-11(7-12)8-16(26-15)14-10-27-18(21-14)9-22-19(23)13-3-1-2-4-17(13)28(22,24)25/h1-8,10H,9H2. The van der Waals surface area contributed by atoms with Crippen LogP contribution < -0.4 is 0 Å². The van der Waals surface area contributed by atoms with E-state index in [0.29, 0.717) is 27.1 Å². The van der Waals surface area contributed by atoms with E-state index in [1.54, 1.807) is 35.7 Å². The number of nitrogens with zero attached hydrogens (tertiary/aromatic N) is 2. The number of halogens is 1. The first-order valence-electron chi connectivity index (χ1n) is 8.23. The first kappa shape index (κ1) is 17.4. The minimum Gasteiger partial charge on any atom is -0.454 e. The molecule has 0 saturated carbocycles. The lowest BCUT2D eigenvalue weighted by Crippen LogP contribution is -2.29. The molecule has 9 heteroatoms. The first-order chi connectivity index (χ1) is 13.4. The predicted molar refractivity (Wildman–Crippen MR) is 106 cm³/mol. The Kier molecular flexibility index (Phi) is 3.84. The minimum atomic E-state index is -3.86. The number of thiazole rings is 1. The second-order valence-electron chi connectivity index (χ2n) is 6.23. The number of hydrogen-bond acceptors (Lipinski definition) is 6. The van der Waals surface area contributed by atoms with Crippen molar-refractivity contribution in [3.8, 4) is 11.5 Å². The fourth-order valence-electron chi connectivity index (χ4n) is 3.15. The molecule has 1 aliphatic heterocycles. The number of furan rings is 1. The van der Waals surface area contributed by atoms with Gasteiger partial charge in [0.1, 0.15) is 21.2 Å². The quantitative estimate of drug-likeness (QED) is 0.476. The summed E-state index contributed by atoms with van der Waals surface area (Å²) >= 11 is 7.27. The Hall–Kier alpha value is -2.68.